The number of hydrogen-bond acceptors (Lipinski definition) is 8. The maximum Gasteiger partial charge on any atom is 0.220 e. The van der Waals surface area contributed by atoms with Gasteiger partial charge in [-0.3, -0.25) is 4.79 Å². The number of unbranched alkanes of at least 4 members (excludes halogenated alkanes) is 22. The molecule has 1 amide bonds. The third-order valence-electron chi connectivity index (χ3n) is 10.0. The first kappa shape index (κ1) is 47.7. The van der Waals surface area contributed by atoms with E-state index in [-0.39, 0.29) is 12.5 Å². The lowest BCUT2D eigenvalue weighted by Crippen LogP contribution is -2.60. The highest BCUT2D eigenvalue weighted by atomic mass is 16.7. The monoisotopic (exact) mass is 726 g/mol. The van der Waals surface area contributed by atoms with Crippen LogP contribution in [0.15, 0.2) is 24.3 Å². The van der Waals surface area contributed by atoms with Crippen LogP contribution < -0.4 is 5.32 Å². The summed E-state index contributed by atoms with van der Waals surface area (Å²) in [5.41, 5.74) is 0. The Kier molecular flexibility index (Phi) is 31.1. The summed E-state index contributed by atoms with van der Waals surface area (Å²) in [7, 11) is 0. The zero-order valence-corrected chi connectivity index (χ0v) is 32.6. The highest BCUT2D eigenvalue weighted by Crippen LogP contribution is 2.22. The Morgan fingerprint density at radius 2 is 1.10 bits per heavy atom. The van der Waals surface area contributed by atoms with Gasteiger partial charge in [-0.05, 0) is 44.9 Å². The lowest BCUT2D eigenvalue weighted by molar-refractivity contribution is -0.302. The number of ether oxygens (including phenoxy) is 2. The van der Waals surface area contributed by atoms with Gasteiger partial charge in [0.1, 0.15) is 24.4 Å². The van der Waals surface area contributed by atoms with E-state index in [1.165, 1.54) is 103 Å². The summed E-state index contributed by atoms with van der Waals surface area (Å²) in [5, 5.41) is 54.0. The summed E-state index contributed by atoms with van der Waals surface area (Å²) < 4.78 is 11.2. The summed E-state index contributed by atoms with van der Waals surface area (Å²) in [4.78, 5) is 12.9. The number of nitrogens with one attached hydrogen (secondary N) is 1. The molecular formula is C42H79NO8. The van der Waals surface area contributed by atoms with Gasteiger partial charge in [0.2, 0.25) is 5.91 Å². The Bertz CT molecular complexity index is 853. The van der Waals surface area contributed by atoms with Crippen molar-refractivity contribution in [3.05, 3.63) is 24.3 Å². The van der Waals surface area contributed by atoms with E-state index in [4.69, 9.17) is 9.47 Å². The Morgan fingerprint density at radius 3 is 1.59 bits per heavy atom. The minimum Gasteiger partial charge on any atom is -0.394 e. The second-order valence-electron chi connectivity index (χ2n) is 14.8. The van der Waals surface area contributed by atoms with E-state index < -0.39 is 49.5 Å². The molecule has 1 saturated heterocycles. The van der Waals surface area contributed by atoms with Crippen molar-refractivity contribution in [3.63, 3.8) is 0 Å². The fourth-order valence-corrected chi connectivity index (χ4v) is 6.56. The molecule has 0 bridgehead atoms. The Labute approximate surface area is 311 Å². The lowest BCUT2D eigenvalue weighted by Gasteiger charge is -2.40. The van der Waals surface area contributed by atoms with E-state index in [2.05, 4.69) is 31.3 Å². The van der Waals surface area contributed by atoms with Crippen LogP contribution in [-0.2, 0) is 14.3 Å². The minimum atomic E-state index is -1.56. The second-order valence-corrected chi connectivity index (χ2v) is 14.8. The summed E-state index contributed by atoms with van der Waals surface area (Å²) in [5.74, 6) is -0.187. The first-order valence-corrected chi connectivity index (χ1v) is 21.1. The molecule has 0 saturated carbocycles. The second kappa shape index (κ2) is 33.3. The molecule has 1 fully saturated rings. The van der Waals surface area contributed by atoms with Crippen LogP contribution in [0.5, 0.6) is 0 Å². The van der Waals surface area contributed by atoms with E-state index in [1.54, 1.807) is 6.08 Å². The van der Waals surface area contributed by atoms with Crippen LogP contribution in [0.4, 0.5) is 0 Å². The molecule has 1 aliphatic rings. The van der Waals surface area contributed by atoms with Crippen molar-refractivity contribution in [3.8, 4) is 0 Å². The third-order valence-corrected chi connectivity index (χ3v) is 10.0. The molecule has 0 aromatic carbocycles. The van der Waals surface area contributed by atoms with Crippen molar-refractivity contribution >= 4 is 5.91 Å². The molecule has 0 spiro atoms. The zero-order valence-electron chi connectivity index (χ0n) is 32.6. The number of carbonyl (C=O) groups is 1. The fraction of sp³-hybridized carbons (Fsp3) is 0.881. The van der Waals surface area contributed by atoms with E-state index in [1.807, 2.05) is 6.08 Å². The molecule has 1 rings (SSSR count). The number of aliphatic hydroxyl groups excluding tert-OH is 5. The van der Waals surface area contributed by atoms with Crippen molar-refractivity contribution in [2.24, 2.45) is 0 Å². The molecule has 9 nitrogen and oxygen atoms in total. The predicted octanol–water partition coefficient (Wildman–Crippen LogP) is 7.94. The van der Waals surface area contributed by atoms with Gasteiger partial charge in [-0.25, -0.2) is 0 Å². The van der Waals surface area contributed by atoms with Crippen molar-refractivity contribution in [2.45, 2.75) is 224 Å². The Hall–Kier alpha value is -1.33. The van der Waals surface area contributed by atoms with Crippen molar-refractivity contribution < 1.29 is 39.8 Å². The average molecular weight is 726 g/mol. The molecule has 1 aliphatic heterocycles. The molecule has 0 aromatic heterocycles. The Balaban J connectivity index is 2.42. The molecule has 7 atom stereocenters. The molecule has 0 aromatic rings. The van der Waals surface area contributed by atoms with E-state index >= 15 is 0 Å². The fourth-order valence-electron chi connectivity index (χ4n) is 6.56. The molecule has 300 valence electrons. The van der Waals surface area contributed by atoms with Gasteiger partial charge in [0.05, 0.1) is 25.4 Å². The van der Waals surface area contributed by atoms with Gasteiger partial charge >= 0.3 is 0 Å². The van der Waals surface area contributed by atoms with Gasteiger partial charge in [-0.2, -0.15) is 0 Å². The largest absolute Gasteiger partial charge is 0.394 e. The van der Waals surface area contributed by atoms with E-state index in [0.717, 1.165) is 57.8 Å². The van der Waals surface area contributed by atoms with E-state index in [0.29, 0.717) is 6.42 Å². The smallest absolute Gasteiger partial charge is 0.220 e. The highest BCUT2D eigenvalue weighted by molar-refractivity contribution is 5.76. The number of carbonyl (C=O) groups excluding carboxylic acids is 1. The minimum absolute atomic E-state index is 0.187. The molecule has 6 N–H and O–H groups in total. The summed E-state index contributed by atoms with van der Waals surface area (Å²) >= 11 is 0. The summed E-state index contributed by atoms with van der Waals surface area (Å²) in [6.07, 6.45) is 30.7. The number of rotatable bonds is 34. The van der Waals surface area contributed by atoms with Gasteiger partial charge in [0.15, 0.2) is 6.29 Å². The standard InChI is InChI=1S/C42H79NO8/c1-3-5-7-9-11-13-15-17-18-20-22-24-26-28-30-32-38(46)43-35(34-50-42-41(49)40(48)39(47)37(33-44)51-42)36(45)31-29-27-25-23-21-19-16-14-12-10-8-6-4-2/h17-18,29,31,35-37,39-42,44-45,47-49H,3-16,19-28,30,32-34H2,1-2H3,(H,43,46)/t35-,36+,37+,39+,40-,41+,42+/m0/s1. The van der Waals surface area contributed by atoms with Crippen LogP contribution in [0.1, 0.15) is 181 Å². The van der Waals surface area contributed by atoms with Crippen LogP contribution in [0.3, 0.4) is 0 Å². The highest BCUT2D eigenvalue weighted by Gasteiger charge is 2.44. The van der Waals surface area contributed by atoms with Crippen molar-refractivity contribution in [2.75, 3.05) is 13.2 Å². The number of allylic oxidation sites excluding steroid dienone is 3. The first-order valence-electron chi connectivity index (χ1n) is 21.1. The average Bonchev–Trinajstić information content (AvgIpc) is 3.13. The van der Waals surface area contributed by atoms with Crippen LogP contribution >= 0.6 is 0 Å². The van der Waals surface area contributed by atoms with Gasteiger partial charge in [0.25, 0.3) is 0 Å². The topological polar surface area (TPSA) is 149 Å². The third kappa shape index (κ3) is 24.6. The van der Waals surface area contributed by atoms with Crippen LogP contribution in [-0.4, -0.2) is 87.5 Å². The van der Waals surface area contributed by atoms with Crippen molar-refractivity contribution in [1.29, 1.82) is 0 Å². The normalized spacial score (nSPS) is 22.2. The Morgan fingerprint density at radius 1 is 0.647 bits per heavy atom. The quantitative estimate of drug-likeness (QED) is 0.0289. The summed E-state index contributed by atoms with van der Waals surface area (Å²) in [6.45, 7) is 3.74. The van der Waals surface area contributed by atoms with Crippen LogP contribution in [0, 0.1) is 0 Å². The maximum absolute atomic E-state index is 12.9. The molecular weight excluding hydrogens is 646 g/mol. The molecule has 0 aliphatic carbocycles. The van der Waals surface area contributed by atoms with Gasteiger partial charge in [0, 0.05) is 6.42 Å². The van der Waals surface area contributed by atoms with Crippen LogP contribution in [0.25, 0.3) is 0 Å². The van der Waals surface area contributed by atoms with Crippen LogP contribution in [0.2, 0.25) is 0 Å². The molecule has 0 unspecified atom stereocenters. The SMILES string of the molecule is CCCCCCCCC=CCCCCCCCC(=O)N[C@@H](CO[C@@H]1O[C@H](CO)[C@@H](O)[C@H](O)[C@H]1O)[C@H](O)C=CCCCCCCCCCCCCC. The predicted molar refractivity (Wildman–Crippen MR) is 207 cm³/mol. The van der Waals surface area contributed by atoms with Crippen molar-refractivity contribution in [1.82, 2.24) is 5.32 Å². The van der Waals surface area contributed by atoms with Gasteiger partial charge in [-0.15, -0.1) is 0 Å². The molecule has 9 heteroatoms. The van der Waals surface area contributed by atoms with E-state index in [9.17, 15) is 30.3 Å². The first-order chi connectivity index (χ1) is 24.8. The number of aliphatic hydroxyl groups is 5. The molecule has 0 radical (unpaired) electrons. The number of hydrogen-bond donors (Lipinski definition) is 6. The lowest BCUT2D eigenvalue weighted by atomic mass is 9.99. The molecule has 1 heterocycles. The number of amides is 1. The zero-order chi connectivity index (χ0) is 37.4. The maximum atomic E-state index is 12.9. The molecule has 51 heavy (non-hydrogen) atoms. The van der Waals surface area contributed by atoms with Gasteiger partial charge in [-0.1, -0.05) is 154 Å². The van der Waals surface area contributed by atoms with Gasteiger partial charge < -0.3 is 40.3 Å². The summed E-state index contributed by atoms with van der Waals surface area (Å²) in [6, 6.07) is -0.804.